The van der Waals surface area contributed by atoms with Gasteiger partial charge in [0.2, 0.25) is 11.8 Å². The Kier molecular flexibility index (Phi) is 6.73. The minimum absolute atomic E-state index is 0.0112. The largest absolute Gasteiger partial charge is 0.379 e. The summed E-state index contributed by atoms with van der Waals surface area (Å²) in [6.45, 7) is 6.63. The van der Waals surface area contributed by atoms with Crippen LogP contribution in [0.5, 0.6) is 0 Å². The number of nitrogens with zero attached hydrogens (tertiary/aromatic N) is 3. The van der Waals surface area contributed by atoms with Crippen molar-refractivity contribution in [3.63, 3.8) is 0 Å². The number of carbonyl (C=O) groups is 2. The first-order chi connectivity index (χ1) is 13.1. The van der Waals surface area contributed by atoms with E-state index < -0.39 is 0 Å². The smallest absolute Gasteiger partial charge is 0.226 e. The fourth-order valence-electron chi connectivity index (χ4n) is 3.17. The number of fused-ring (bicyclic) bond motifs is 1. The predicted molar refractivity (Wildman–Crippen MR) is 105 cm³/mol. The van der Waals surface area contributed by atoms with Gasteiger partial charge in [-0.05, 0) is 12.1 Å². The number of benzene rings is 1. The average Bonchev–Trinajstić information content (AvgIpc) is 2.69. The van der Waals surface area contributed by atoms with Crippen molar-refractivity contribution in [2.75, 3.05) is 51.3 Å². The summed E-state index contributed by atoms with van der Waals surface area (Å²) in [4.78, 5) is 32.6. The maximum Gasteiger partial charge on any atom is 0.226 e. The molecule has 1 aliphatic heterocycles. The third-order valence-electron chi connectivity index (χ3n) is 4.75. The van der Waals surface area contributed by atoms with Crippen molar-refractivity contribution >= 4 is 28.4 Å². The summed E-state index contributed by atoms with van der Waals surface area (Å²) in [5.74, 6) is -0.131. The zero-order chi connectivity index (χ0) is 19.1. The second kappa shape index (κ2) is 9.43. The number of rotatable bonds is 7. The molecule has 1 aromatic carbocycles. The van der Waals surface area contributed by atoms with Crippen molar-refractivity contribution in [2.24, 2.45) is 0 Å². The topological polar surface area (TPSA) is 74.8 Å². The van der Waals surface area contributed by atoms with Gasteiger partial charge in [-0.15, -0.1) is 0 Å². The van der Waals surface area contributed by atoms with Gasteiger partial charge < -0.3 is 15.0 Å². The lowest BCUT2D eigenvalue weighted by Crippen LogP contribution is -2.43. The molecule has 1 fully saturated rings. The number of amides is 2. The Hall–Kier alpha value is -2.51. The molecule has 1 aliphatic rings. The molecule has 7 nitrogen and oxygen atoms in total. The number of nitrogens with one attached hydrogen (secondary N) is 1. The van der Waals surface area contributed by atoms with Crippen LogP contribution in [-0.4, -0.2) is 72.5 Å². The lowest BCUT2D eigenvalue weighted by atomic mass is 10.2. The highest BCUT2D eigenvalue weighted by Crippen LogP contribution is 2.20. The third kappa shape index (κ3) is 5.48. The highest BCUT2D eigenvalue weighted by Gasteiger charge is 2.15. The van der Waals surface area contributed by atoms with Crippen LogP contribution in [0.4, 0.5) is 5.69 Å². The van der Waals surface area contributed by atoms with E-state index in [0.717, 1.165) is 43.8 Å². The molecule has 0 unspecified atom stereocenters. The summed E-state index contributed by atoms with van der Waals surface area (Å²) < 4.78 is 5.34. The van der Waals surface area contributed by atoms with Gasteiger partial charge in [-0.2, -0.15) is 0 Å². The van der Waals surface area contributed by atoms with Gasteiger partial charge >= 0.3 is 0 Å². The monoisotopic (exact) mass is 370 g/mol. The van der Waals surface area contributed by atoms with E-state index in [4.69, 9.17) is 4.74 Å². The van der Waals surface area contributed by atoms with Crippen LogP contribution in [0.1, 0.15) is 13.3 Å². The molecule has 2 aromatic rings. The van der Waals surface area contributed by atoms with Gasteiger partial charge in [0.05, 0.1) is 24.4 Å². The van der Waals surface area contributed by atoms with E-state index in [9.17, 15) is 9.59 Å². The van der Waals surface area contributed by atoms with Crippen LogP contribution in [0.25, 0.3) is 10.9 Å². The number of anilines is 1. The number of para-hydroxylation sites is 1. The molecule has 27 heavy (non-hydrogen) atoms. The third-order valence-corrected chi connectivity index (χ3v) is 4.75. The highest BCUT2D eigenvalue weighted by molar-refractivity contribution is 6.00. The molecule has 3 rings (SSSR count). The van der Waals surface area contributed by atoms with Crippen LogP contribution in [-0.2, 0) is 14.3 Å². The summed E-state index contributed by atoms with van der Waals surface area (Å²) in [5.41, 5.74) is 1.46. The number of pyridine rings is 1. The summed E-state index contributed by atoms with van der Waals surface area (Å²) in [5, 5.41) is 3.90. The second-order valence-electron chi connectivity index (χ2n) is 6.64. The average molecular weight is 370 g/mol. The molecule has 0 radical (unpaired) electrons. The molecular weight excluding hydrogens is 344 g/mol. The molecule has 2 amide bonds. The number of morpholine rings is 1. The number of aromatic nitrogens is 1. The number of hydrogen-bond donors (Lipinski definition) is 1. The first-order valence-corrected chi connectivity index (χ1v) is 9.33. The van der Waals surface area contributed by atoms with Gasteiger partial charge in [-0.1, -0.05) is 18.2 Å². The van der Waals surface area contributed by atoms with Crippen molar-refractivity contribution in [3.8, 4) is 0 Å². The van der Waals surface area contributed by atoms with E-state index in [1.54, 1.807) is 18.0 Å². The van der Waals surface area contributed by atoms with Crippen LogP contribution >= 0.6 is 0 Å². The van der Waals surface area contributed by atoms with Gasteiger partial charge in [0.1, 0.15) is 0 Å². The first kappa shape index (κ1) is 19.3. The van der Waals surface area contributed by atoms with E-state index in [1.807, 2.05) is 30.3 Å². The summed E-state index contributed by atoms with van der Waals surface area (Å²) in [7, 11) is 0. The Bertz CT molecular complexity index is 784. The molecular formula is C20H26N4O3. The molecule has 0 bridgehead atoms. The Morgan fingerprint density at radius 2 is 1.96 bits per heavy atom. The zero-order valence-electron chi connectivity index (χ0n) is 15.7. The van der Waals surface area contributed by atoms with Gasteiger partial charge in [0.15, 0.2) is 0 Å². The van der Waals surface area contributed by atoms with E-state index >= 15 is 0 Å². The molecule has 1 aromatic heterocycles. The van der Waals surface area contributed by atoms with Crippen molar-refractivity contribution in [3.05, 3.63) is 36.5 Å². The maximum atomic E-state index is 12.4. The lowest BCUT2D eigenvalue weighted by molar-refractivity contribution is -0.129. The minimum atomic E-state index is -0.120. The molecule has 2 heterocycles. The Morgan fingerprint density at radius 3 is 2.74 bits per heavy atom. The van der Waals surface area contributed by atoms with Crippen molar-refractivity contribution in [2.45, 2.75) is 13.3 Å². The van der Waals surface area contributed by atoms with Crippen LogP contribution in [0.15, 0.2) is 36.5 Å². The molecule has 0 atom stereocenters. The van der Waals surface area contributed by atoms with Gasteiger partial charge in [-0.25, -0.2) is 0 Å². The highest BCUT2D eigenvalue weighted by atomic mass is 16.5. The number of ether oxygens (including phenoxy) is 1. The van der Waals surface area contributed by atoms with Gasteiger partial charge in [-0.3, -0.25) is 19.5 Å². The molecule has 0 aliphatic carbocycles. The molecule has 144 valence electrons. The quantitative estimate of drug-likeness (QED) is 0.804. The lowest BCUT2D eigenvalue weighted by Gasteiger charge is -2.29. The molecule has 7 heteroatoms. The maximum absolute atomic E-state index is 12.4. The van der Waals surface area contributed by atoms with E-state index in [2.05, 4.69) is 15.2 Å². The Labute approximate surface area is 159 Å². The fourth-order valence-corrected chi connectivity index (χ4v) is 3.17. The van der Waals surface area contributed by atoms with Crippen molar-refractivity contribution < 1.29 is 14.3 Å². The van der Waals surface area contributed by atoms with Gasteiger partial charge in [0.25, 0.3) is 0 Å². The summed E-state index contributed by atoms with van der Waals surface area (Å²) in [6.07, 6.45) is 1.97. The van der Waals surface area contributed by atoms with Crippen LogP contribution < -0.4 is 5.32 Å². The second-order valence-corrected chi connectivity index (χ2v) is 6.64. The van der Waals surface area contributed by atoms with Crippen molar-refractivity contribution in [1.82, 2.24) is 14.8 Å². The number of carbonyl (C=O) groups excluding carboxylic acids is 2. The minimum Gasteiger partial charge on any atom is -0.379 e. The van der Waals surface area contributed by atoms with E-state index in [1.165, 1.54) is 0 Å². The first-order valence-electron chi connectivity index (χ1n) is 9.33. The molecule has 1 saturated heterocycles. The zero-order valence-corrected chi connectivity index (χ0v) is 15.7. The standard InChI is InChI=1S/C20H26N4O3/c1-16(25)24(11-10-23-12-14-27-15-13-23)9-7-19(26)22-18-6-2-4-17-5-3-8-21-20(17)18/h2-6,8H,7,9-15H2,1H3,(H,22,26). The van der Waals surface area contributed by atoms with E-state index in [-0.39, 0.29) is 18.2 Å². The molecule has 0 saturated carbocycles. The molecule has 1 N–H and O–H groups in total. The predicted octanol–water partition coefficient (Wildman–Crippen LogP) is 1.74. The fraction of sp³-hybridized carbons (Fsp3) is 0.450. The molecule has 0 spiro atoms. The van der Waals surface area contributed by atoms with Crippen LogP contribution in [0.2, 0.25) is 0 Å². The Balaban J connectivity index is 1.52. The van der Waals surface area contributed by atoms with Gasteiger partial charge in [0, 0.05) is 57.7 Å². The number of hydrogen-bond acceptors (Lipinski definition) is 5. The van der Waals surface area contributed by atoms with Crippen LogP contribution in [0, 0.1) is 0 Å². The van der Waals surface area contributed by atoms with Crippen LogP contribution in [0.3, 0.4) is 0 Å². The SMILES string of the molecule is CC(=O)N(CCC(=O)Nc1cccc2cccnc12)CCN1CCOCC1. The van der Waals surface area contributed by atoms with E-state index in [0.29, 0.717) is 18.8 Å². The Morgan fingerprint density at radius 1 is 1.19 bits per heavy atom. The summed E-state index contributed by atoms with van der Waals surface area (Å²) >= 11 is 0. The summed E-state index contributed by atoms with van der Waals surface area (Å²) in [6, 6.07) is 9.52. The normalized spacial score (nSPS) is 14.9. The van der Waals surface area contributed by atoms with Crippen molar-refractivity contribution in [1.29, 1.82) is 0 Å².